The number of piperazine rings is 1. The van der Waals surface area contributed by atoms with Crippen LogP contribution in [0.2, 0.25) is 0 Å². The SMILES string of the molecule is O=C(CN1CCN(c2nc(-c3cccnc3)nc3sc4c(c23)CCC4)CC1)NC1CC1. The van der Waals surface area contributed by atoms with Gasteiger partial charge in [-0.05, 0) is 49.8 Å². The Kier molecular flexibility index (Phi) is 4.84. The van der Waals surface area contributed by atoms with Gasteiger partial charge in [0.05, 0.1) is 11.9 Å². The molecule has 3 aromatic rings. The molecule has 8 heteroatoms. The van der Waals surface area contributed by atoms with E-state index in [2.05, 4.69) is 20.1 Å². The van der Waals surface area contributed by atoms with Gasteiger partial charge in [0.2, 0.25) is 5.91 Å². The fourth-order valence-electron chi connectivity index (χ4n) is 4.65. The molecule has 0 unspecified atom stereocenters. The van der Waals surface area contributed by atoms with Crippen molar-refractivity contribution in [3.63, 3.8) is 0 Å². The molecule has 7 nitrogen and oxygen atoms in total. The molecule has 0 atom stereocenters. The molecule has 0 radical (unpaired) electrons. The van der Waals surface area contributed by atoms with Crippen molar-refractivity contribution in [2.75, 3.05) is 37.6 Å². The number of rotatable bonds is 5. The Balaban J connectivity index is 1.28. The van der Waals surface area contributed by atoms with E-state index in [0.29, 0.717) is 12.6 Å². The van der Waals surface area contributed by atoms with Crippen LogP contribution in [0.4, 0.5) is 5.82 Å². The third-order valence-electron chi connectivity index (χ3n) is 6.45. The Morgan fingerprint density at radius 2 is 2.03 bits per heavy atom. The molecular formula is C23H26N6OS. The monoisotopic (exact) mass is 434 g/mol. The van der Waals surface area contributed by atoms with E-state index in [-0.39, 0.29) is 5.91 Å². The molecule has 160 valence electrons. The highest BCUT2D eigenvalue weighted by atomic mass is 32.1. The zero-order valence-electron chi connectivity index (χ0n) is 17.5. The van der Waals surface area contributed by atoms with E-state index in [9.17, 15) is 4.79 Å². The first-order valence-electron chi connectivity index (χ1n) is 11.2. The summed E-state index contributed by atoms with van der Waals surface area (Å²) < 4.78 is 0. The Morgan fingerprint density at radius 1 is 1.16 bits per heavy atom. The van der Waals surface area contributed by atoms with Crippen molar-refractivity contribution in [2.45, 2.75) is 38.1 Å². The first-order chi connectivity index (χ1) is 15.2. The minimum atomic E-state index is 0.162. The first kappa shape index (κ1) is 19.1. The minimum absolute atomic E-state index is 0.162. The van der Waals surface area contributed by atoms with Crippen LogP contribution in [0.1, 0.15) is 29.7 Å². The summed E-state index contributed by atoms with van der Waals surface area (Å²) in [7, 11) is 0. The molecule has 4 heterocycles. The zero-order valence-corrected chi connectivity index (χ0v) is 18.3. The van der Waals surface area contributed by atoms with Crippen molar-refractivity contribution in [2.24, 2.45) is 0 Å². The Hall–Kier alpha value is -2.58. The fourth-order valence-corrected chi connectivity index (χ4v) is 5.91. The molecule has 2 aliphatic carbocycles. The van der Waals surface area contributed by atoms with Gasteiger partial charge in [-0.1, -0.05) is 0 Å². The highest BCUT2D eigenvalue weighted by Gasteiger charge is 2.28. The normalized spacial score (nSPS) is 19.0. The molecule has 1 saturated carbocycles. The largest absolute Gasteiger partial charge is 0.353 e. The van der Waals surface area contributed by atoms with E-state index < -0.39 is 0 Å². The molecule has 2 fully saturated rings. The summed E-state index contributed by atoms with van der Waals surface area (Å²) in [6.45, 7) is 3.99. The van der Waals surface area contributed by atoms with Gasteiger partial charge in [0.1, 0.15) is 10.6 Å². The van der Waals surface area contributed by atoms with Crippen LogP contribution in [0, 0.1) is 0 Å². The van der Waals surface area contributed by atoms with Crippen molar-refractivity contribution >= 4 is 33.3 Å². The average molecular weight is 435 g/mol. The summed E-state index contributed by atoms with van der Waals surface area (Å²) in [5.41, 5.74) is 2.41. The van der Waals surface area contributed by atoms with Crippen LogP contribution in [0.5, 0.6) is 0 Å². The Morgan fingerprint density at radius 3 is 2.81 bits per heavy atom. The van der Waals surface area contributed by atoms with E-state index in [1.54, 1.807) is 6.20 Å². The number of hydrogen-bond donors (Lipinski definition) is 1. The van der Waals surface area contributed by atoms with Gasteiger partial charge in [-0.15, -0.1) is 11.3 Å². The van der Waals surface area contributed by atoms with Gasteiger partial charge in [0, 0.05) is 55.1 Å². The highest BCUT2D eigenvalue weighted by molar-refractivity contribution is 7.19. The van der Waals surface area contributed by atoms with Gasteiger partial charge in [-0.25, -0.2) is 9.97 Å². The lowest BCUT2D eigenvalue weighted by molar-refractivity contribution is -0.122. The van der Waals surface area contributed by atoms with E-state index >= 15 is 0 Å². The van der Waals surface area contributed by atoms with Gasteiger partial charge in [0.25, 0.3) is 0 Å². The maximum atomic E-state index is 12.2. The van der Waals surface area contributed by atoms with Crippen LogP contribution in [-0.4, -0.2) is 64.5 Å². The second-order valence-electron chi connectivity index (χ2n) is 8.76. The van der Waals surface area contributed by atoms with Gasteiger partial charge in [-0.3, -0.25) is 14.7 Å². The quantitative estimate of drug-likeness (QED) is 0.666. The summed E-state index contributed by atoms with van der Waals surface area (Å²) in [4.78, 5) is 33.7. The third-order valence-corrected chi connectivity index (χ3v) is 7.63. The summed E-state index contributed by atoms with van der Waals surface area (Å²) in [5, 5.41) is 4.35. The number of nitrogens with one attached hydrogen (secondary N) is 1. The second kappa shape index (κ2) is 7.84. The molecular weight excluding hydrogens is 408 g/mol. The molecule has 1 amide bonds. The molecule has 0 aromatic carbocycles. The smallest absolute Gasteiger partial charge is 0.234 e. The maximum absolute atomic E-state index is 12.2. The van der Waals surface area contributed by atoms with Crippen LogP contribution in [0.25, 0.3) is 21.6 Å². The molecule has 1 aliphatic heterocycles. The van der Waals surface area contributed by atoms with Crippen LogP contribution in [-0.2, 0) is 17.6 Å². The Bertz CT molecular complexity index is 1120. The highest BCUT2D eigenvalue weighted by Crippen LogP contribution is 2.41. The average Bonchev–Trinajstić information content (AvgIpc) is 3.36. The predicted octanol–water partition coefficient (Wildman–Crippen LogP) is 2.64. The van der Waals surface area contributed by atoms with E-state index in [0.717, 1.165) is 73.9 Å². The molecule has 0 spiro atoms. The molecule has 0 bridgehead atoms. The number of pyridine rings is 1. The number of carbonyl (C=O) groups excluding carboxylic acids is 1. The molecule has 3 aromatic heterocycles. The van der Waals surface area contributed by atoms with Crippen molar-refractivity contribution in [1.82, 2.24) is 25.2 Å². The van der Waals surface area contributed by atoms with Crippen LogP contribution in [0.3, 0.4) is 0 Å². The van der Waals surface area contributed by atoms with E-state index in [1.165, 1.54) is 22.2 Å². The maximum Gasteiger partial charge on any atom is 0.234 e. The first-order valence-corrected chi connectivity index (χ1v) is 12.1. The van der Waals surface area contributed by atoms with Crippen molar-refractivity contribution < 1.29 is 4.79 Å². The summed E-state index contributed by atoms with van der Waals surface area (Å²) in [6, 6.07) is 4.38. The van der Waals surface area contributed by atoms with Gasteiger partial charge >= 0.3 is 0 Å². The van der Waals surface area contributed by atoms with Crippen LogP contribution < -0.4 is 10.2 Å². The van der Waals surface area contributed by atoms with Gasteiger partial charge < -0.3 is 10.2 Å². The molecule has 3 aliphatic rings. The zero-order chi connectivity index (χ0) is 20.8. The standard InChI is InChI=1S/C23H26N6OS/c30-19(25-16-6-7-16)14-28-9-11-29(12-10-28)22-20-17-4-1-5-18(17)31-23(20)27-21(26-22)15-3-2-8-24-13-15/h2-3,8,13,16H,1,4-7,9-12,14H2,(H,25,30). The summed E-state index contributed by atoms with van der Waals surface area (Å²) >= 11 is 1.83. The van der Waals surface area contributed by atoms with Gasteiger partial charge in [-0.2, -0.15) is 0 Å². The number of anilines is 1. The van der Waals surface area contributed by atoms with Crippen molar-refractivity contribution in [3.05, 3.63) is 35.0 Å². The number of fused-ring (bicyclic) bond motifs is 3. The topological polar surface area (TPSA) is 74.2 Å². The summed E-state index contributed by atoms with van der Waals surface area (Å²) in [6.07, 6.45) is 9.39. The molecule has 1 N–H and O–H groups in total. The number of carbonyl (C=O) groups is 1. The summed E-state index contributed by atoms with van der Waals surface area (Å²) in [5.74, 6) is 1.97. The fraction of sp³-hybridized carbons (Fsp3) is 0.478. The number of thiophene rings is 1. The lowest BCUT2D eigenvalue weighted by atomic mass is 10.1. The van der Waals surface area contributed by atoms with Crippen LogP contribution >= 0.6 is 11.3 Å². The number of aryl methyl sites for hydroxylation is 2. The predicted molar refractivity (Wildman–Crippen MR) is 122 cm³/mol. The number of hydrogen-bond acceptors (Lipinski definition) is 7. The number of amides is 1. The second-order valence-corrected chi connectivity index (χ2v) is 9.84. The van der Waals surface area contributed by atoms with Crippen molar-refractivity contribution in [1.29, 1.82) is 0 Å². The molecule has 31 heavy (non-hydrogen) atoms. The lowest BCUT2D eigenvalue weighted by Gasteiger charge is -2.35. The molecule has 1 saturated heterocycles. The van der Waals surface area contributed by atoms with Crippen LogP contribution in [0.15, 0.2) is 24.5 Å². The van der Waals surface area contributed by atoms with Crippen molar-refractivity contribution in [3.8, 4) is 11.4 Å². The van der Waals surface area contributed by atoms with E-state index in [4.69, 9.17) is 9.97 Å². The lowest BCUT2D eigenvalue weighted by Crippen LogP contribution is -2.50. The minimum Gasteiger partial charge on any atom is -0.353 e. The van der Waals surface area contributed by atoms with Gasteiger partial charge in [0.15, 0.2) is 5.82 Å². The number of nitrogens with zero attached hydrogens (tertiary/aromatic N) is 5. The van der Waals surface area contributed by atoms with E-state index in [1.807, 2.05) is 29.7 Å². The Labute approximate surface area is 185 Å². The third kappa shape index (κ3) is 3.78. The number of aromatic nitrogens is 3. The molecule has 6 rings (SSSR count).